The first kappa shape index (κ1) is 30.6. The molecule has 0 N–H and O–H groups in total. The van der Waals surface area contributed by atoms with Gasteiger partial charge in [0.05, 0.1) is 23.0 Å². The third kappa shape index (κ3) is 4.80. The monoisotopic (exact) mass is 667 g/mol. The summed E-state index contributed by atoms with van der Waals surface area (Å²) in [5, 5.41) is 12.9. The van der Waals surface area contributed by atoms with Crippen molar-refractivity contribution in [1.29, 1.82) is 0 Å². The molecule has 2 bridgehead atoms. The van der Waals surface area contributed by atoms with Crippen LogP contribution in [0.4, 0.5) is 5.69 Å². The zero-order valence-corrected chi connectivity index (χ0v) is 26.0. The number of carbonyl (C=O) groups excluding carboxylic acids is 5. The summed E-state index contributed by atoms with van der Waals surface area (Å²) in [6, 6.07) is 28.6. The van der Waals surface area contributed by atoms with Crippen molar-refractivity contribution in [3.05, 3.63) is 165 Å². The molecule has 1 aliphatic heterocycles. The smallest absolute Gasteiger partial charge is 0.379 e. The molecule has 0 saturated carbocycles. The summed E-state index contributed by atoms with van der Waals surface area (Å²) >= 11 is 0. The van der Waals surface area contributed by atoms with Crippen molar-refractivity contribution < 1.29 is 38.1 Å². The second-order valence-electron chi connectivity index (χ2n) is 12.2. The highest BCUT2D eigenvalue weighted by Crippen LogP contribution is 2.61. The van der Waals surface area contributed by atoms with Gasteiger partial charge >= 0.3 is 5.97 Å². The second kappa shape index (κ2) is 11.8. The van der Waals surface area contributed by atoms with Crippen LogP contribution >= 0.6 is 0 Å². The van der Waals surface area contributed by atoms with Crippen molar-refractivity contribution >= 4 is 35.2 Å². The van der Waals surface area contributed by atoms with Gasteiger partial charge in [0.2, 0.25) is 5.76 Å². The molecule has 4 aromatic carbocycles. The molecule has 5 aromatic rings. The Morgan fingerprint density at radius 3 is 1.72 bits per heavy atom. The van der Waals surface area contributed by atoms with Crippen LogP contribution in [-0.4, -0.2) is 51.0 Å². The SMILES string of the molecule is O=C(CN(C(=O)c1ccc([N+](=O)[O-])cc1)N1C(=O)[C@@H]2C3c4ccccc4C(c4ccccc43)[C@H]2C1=O)c1ccc(OC(=O)c2ccco2)cc1. The van der Waals surface area contributed by atoms with Gasteiger partial charge in [-0.2, -0.15) is 5.01 Å². The number of esters is 1. The molecule has 0 spiro atoms. The molecule has 1 aromatic heterocycles. The van der Waals surface area contributed by atoms with Crippen LogP contribution in [0.25, 0.3) is 0 Å². The summed E-state index contributed by atoms with van der Waals surface area (Å²) in [6.45, 7) is -0.701. The molecule has 1 saturated heterocycles. The lowest BCUT2D eigenvalue weighted by Crippen LogP contribution is -2.52. The van der Waals surface area contributed by atoms with Gasteiger partial charge in [-0.05, 0) is 70.8 Å². The third-order valence-electron chi connectivity index (χ3n) is 9.63. The highest BCUT2D eigenvalue weighted by molar-refractivity contribution is 6.11. The maximum atomic E-state index is 14.5. The van der Waals surface area contributed by atoms with Gasteiger partial charge in [-0.3, -0.25) is 29.3 Å². The zero-order chi connectivity index (χ0) is 34.7. The number of non-ortho nitro benzene ring substituents is 1. The Morgan fingerprint density at radius 2 is 1.24 bits per heavy atom. The fourth-order valence-electron chi connectivity index (χ4n) is 7.50. The average Bonchev–Trinajstić information content (AvgIpc) is 3.78. The van der Waals surface area contributed by atoms with Gasteiger partial charge in [0.1, 0.15) is 12.3 Å². The van der Waals surface area contributed by atoms with Crippen LogP contribution in [0.1, 0.15) is 65.4 Å². The van der Waals surface area contributed by atoms with E-state index in [0.29, 0.717) is 0 Å². The van der Waals surface area contributed by atoms with Gasteiger partial charge in [-0.15, -0.1) is 0 Å². The van der Waals surface area contributed by atoms with Crippen molar-refractivity contribution in [1.82, 2.24) is 10.0 Å². The van der Waals surface area contributed by atoms with E-state index >= 15 is 0 Å². The Hall–Kier alpha value is -6.69. The maximum Gasteiger partial charge on any atom is 0.379 e. The second-order valence-corrected chi connectivity index (χ2v) is 12.2. The summed E-state index contributed by atoms with van der Waals surface area (Å²) in [5.74, 6) is -5.83. The number of nitro benzene ring substituents is 1. The van der Waals surface area contributed by atoms with Gasteiger partial charge < -0.3 is 9.15 Å². The number of rotatable bonds is 8. The van der Waals surface area contributed by atoms with Crippen molar-refractivity contribution in [3.63, 3.8) is 0 Å². The van der Waals surface area contributed by atoms with E-state index < -0.39 is 64.6 Å². The number of ketones is 1. The number of imide groups is 1. The van der Waals surface area contributed by atoms with E-state index in [9.17, 15) is 34.1 Å². The molecule has 2 heterocycles. The quantitative estimate of drug-likeness (QED) is 0.0518. The molecule has 50 heavy (non-hydrogen) atoms. The molecule has 0 radical (unpaired) electrons. The number of carbonyl (C=O) groups is 5. The minimum absolute atomic E-state index is 0.00862. The highest BCUT2D eigenvalue weighted by Gasteiger charge is 2.63. The van der Waals surface area contributed by atoms with Crippen LogP contribution in [0.15, 0.2) is 120 Å². The molecule has 3 aliphatic carbocycles. The lowest BCUT2D eigenvalue weighted by atomic mass is 9.55. The molecule has 4 aliphatic rings. The van der Waals surface area contributed by atoms with E-state index in [0.717, 1.165) is 44.4 Å². The Bertz CT molecular complexity index is 2110. The van der Waals surface area contributed by atoms with E-state index in [1.165, 1.54) is 54.8 Å². The summed E-state index contributed by atoms with van der Waals surface area (Å²) in [4.78, 5) is 79.9. The molecule has 246 valence electrons. The van der Waals surface area contributed by atoms with Gasteiger partial charge in [0.15, 0.2) is 5.78 Å². The molecule has 2 atom stereocenters. The van der Waals surface area contributed by atoms with Crippen molar-refractivity contribution in [3.8, 4) is 5.75 Å². The number of hydrazine groups is 1. The normalized spacial score (nSPS) is 19.7. The number of furan rings is 1. The number of benzene rings is 4. The summed E-state index contributed by atoms with van der Waals surface area (Å²) in [5.41, 5.74) is 3.56. The van der Waals surface area contributed by atoms with E-state index in [2.05, 4.69) is 0 Å². The van der Waals surface area contributed by atoms with Crippen LogP contribution in [0.5, 0.6) is 5.75 Å². The summed E-state index contributed by atoms with van der Waals surface area (Å²) in [6.07, 6.45) is 1.33. The fraction of sp³-hybridized carbons (Fsp3) is 0.132. The van der Waals surface area contributed by atoms with E-state index in [1.807, 2.05) is 48.5 Å². The number of hydrogen-bond acceptors (Lipinski definition) is 9. The molecular weight excluding hydrogens is 642 g/mol. The Kier molecular flexibility index (Phi) is 7.21. The number of ether oxygens (including phenoxy) is 1. The Labute approximate surface area is 283 Å². The number of hydrogen-bond donors (Lipinski definition) is 0. The fourth-order valence-corrected chi connectivity index (χ4v) is 7.50. The van der Waals surface area contributed by atoms with Crippen LogP contribution < -0.4 is 4.74 Å². The molecule has 1 fully saturated rings. The molecule has 0 unspecified atom stereocenters. The van der Waals surface area contributed by atoms with Gasteiger partial charge in [-0.25, -0.2) is 9.80 Å². The van der Waals surface area contributed by atoms with Crippen LogP contribution in [-0.2, 0) is 9.59 Å². The minimum atomic E-state index is -0.861. The predicted molar refractivity (Wildman–Crippen MR) is 174 cm³/mol. The van der Waals surface area contributed by atoms with E-state index in [1.54, 1.807) is 0 Å². The van der Waals surface area contributed by atoms with Gasteiger partial charge in [0, 0.05) is 35.1 Å². The first-order chi connectivity index (χ1) is 24.2. The van der Waals surface area contributed by atoms with Crippen LogP contribution in [0.2, 0.25) is 0 Å². The standard InChI is InChI=1S/C38H25N3O9/c42-29(21-13-17-24(18-14-21)50-38(46)30-10-5-19-49-30)20-39(35(43)22-11-15-23(16-12-22)41(47)48)40-36(44)33-31-25-6-1-2-7-26(25)32(34(33)37(40)45)28-9-4-3-8-27(28)31/h1-19,31-34H,20H2/t31?,32?,33-,34-/m1/s1. The molecular formula is C38H25N3O9. The lowest BCUT2D eigenvalue weighted by Gasteiger charge is -2.45. The Balaban J connectivity index is 1.14. The van der Waals surface area contributed by atoms with Crippen molar-refractivity contribution in [2.24, 2.45) is 11.8 Å². The van der Waals surface area contributed by atoms with E-state index in [-0.39, 0.29) is 28.3 Å². The minimum Gasteiger partial charge on any atom is -0.457 e. The summed E-state index contributed by atoms with van der Waals surface area (Å²) < 4.78 is 10.3. The maximum absolute atomic E-state index is 14.5. The van der Waals surface area contributed by atoms with Gasteiger partial charge in [0.25, 0.3) is 23.4 Å². The van der Waals surface area contributed by atoms with Crippen LogP contribution in [0.3, 0.4) is 0 Å². The third-order valence-corrected chi connectivity index (χ3v) is 9.63. The molecule has 9 rings (SSSR count). The van der Waals surface area contributed by atoms with Crippen molar-refractivity contribution in [2.45, 2.75) is 11.8 Å². The zero-order valence-electron chi connectivity index (χ0n) is 26.0. The van der Waals surface area contributed by atoms with Crippen LogP contribution in [0, 0.1) is 22.0 Å². The highest BCUT2D eigenvalue weighted by atomic mass is 16.6. The predicted octanol–water partition coefficient (Wildman–Crippen LogP) is 5.54. The average molecular weight is 668 g/mol. The van der Waals surface area contributed by atoms with E-state index in [4.69, 9.17) is 9.15 Å². The molecule has 12 nitrogen and oxygen atoms in total. The largest absolute Gasteiger partial charge is 0.457 e. The Morgan fingerprint density at radius 1 is 0.720 bits per heavy atom. The summed E-state index contributed by atoms with van der Waals surface area (Å²) in [7, 11) is 0. The van der Waals surface area contributed by atoms with Crippen molar-refractivity contribution in [2.75, 3.05) is 6.54 Å². The number of amides is 3. The number of nitro groups is 1. The number of Topliss-reactive ketones (excluding diaryl/α,β-unsaturated/α-hetero) is 1. The van der Waals surface area contributed by atoms with Gasteiger partial charge in [-0.1, -0.05) is 48.5 Å². The first-order valence-electron chi connectivity index (χ1n) is 15.7. The first-order valence-corrected chi connectivity index (χ1v) is 15.7. The topological polar surface area (TPSA) is 157 Å². The lowest BCUT2D eigenvalue weighted by molar-refractivity contribution is -0.384. The molecule has 3 amide bonds. The molecule has 12 heteroatoms. The number of nitrogens with zero attached hydrogens (tertiary/aromatic N) is 3.